The highest BCUT2D eigenvalue weighted by Crippen LogP contribution is 2.34. The molecule has 0 aromatic heterocycles. The molecule has 1 aliphatic heterocycles. The van der Waals surface area contributed by atoms with Gasteiger partial charge in [0.15, 0.2) is 6.73 Å². The number of fused-ring (bicyclic) bond motifs is 3. The number of hydrogen-bond donors (Lipinski definition) is 3. The molecule has 0 saturated carbocycles. The number of nitrogens with zero attached hydrogens (tertiary/aromatic N) is 1. The van der Waals surface area contributed by atoms with Crippen molar-refractivity contribution in [2.75, 3.05) is 16.9 Å². The molecule has 164 valence electrons. The molecule has 3 N–H and O–H groups in total. The lowest BCUT2D eigenvalue weighted by Crippen LogP contribution is -2.32. The first-order chi connectivity index (χ1) is 16.0. The van der Waals surface area contributed by atoms with Crippen LogP contribution >= 0.6 is 0 Å². The number of carboxylic acids is 1. The van der Waals surface area contributed by atoms with E-state index >= 15 is 0 Å². The van der Waals surface area contributed by atoms with E-state index in [1.807, 2.05) is 30.3 Å². The van der Waals surface area contributed by atoms with Gasteiger partial charge < -0.3 is 25.2 Å². The average Bonchev–Trinajstić information content (AvgIpc) is 2.84. The minimum atomic E-state index is -1.16. The molecule has 0 fully saturated rings. The van der Waals surface area contributed by atoms with E-state index in [0.29, 0.717) is 18.8 Å². The molecule has 4 aromatic carbocycles. The molecule has 0 bridgehead atoms. The molecule has 4 aromatic rings. The summed E-state index contributed by atoms with van der Waals surface area (Å²) in [5.74, 6) is -0.992. The Morgan fingerprint density at radius 2 is 1.67 bits per heavy atom. The third-order valence-corrected chi connectivity index (χ3v) is 5.71. The minimum absolute atomic E-state index is 0.0621. The first-order valence-electron chi connectivity index (χ1n) is 10.4. The maximum Gasteiger partial charge on any atom is 0.335 e. The monoisotopic (exact) mass is 440 g/mol. The number of aromatic carboxylic acids is 1. The van der Waals surface area contributed by atoms with Gasteiger partial charge in [-0.3, -0.25) is 4.79 Å². The molecule has 5 rings (SSSR count). The molecule has 0 spiro atoms. The van der Waals surface area contributed by atoms with E-state index in [9.17, 15) is 14.7 Å². The molecular formula is C26H20N2O5. The summed E-state index contributed by atoms with van der Waals surface area (Å²) in [7, 11) is 0. The van der Waals surface area contributed by atoms with Gasteiger partial charge in [0.25, 0.3) is 5.91 Å². The minimum Gasteiger partial charge on any atom is -0.506 e. The lowest BCUT2D eigenvalue weighted by atomic mass is 10.0. The zero-order chi connectivity index (χ0) is 22.9. The van der Waals surface area contributed by atoms with E-state index in [4.69, 9.17) is 9.84 Å². The Bertz CT molecular complexity index is 1380. The van der Waals surface area contributed by atoms with Gasteiger partial charge in [0.1, 0.15) is 11.5 Å². The van der Waals surface area contributed by atoms with Crippen LogP contribution in [0.5, 0.6) is 11.5 Å². The lowest BCUT2D eigenvalue weighted by molar-refractivity contribution is 0.0696. The topological polar surface area (TPSA) is 99.1 Å². The van der Waals surface area contributed by atoms with Crippen LogP contribution in [-0.2, 0) is 6.54 Å². The van der Waals surface area contributed by atoms with Crippen LogP contribution in [0.15, 0.2) is 78.9 Å². The average molecular weight is 440 g/mol. The van der Waals surface area contributed by atoms with Crippen molar-refractivity contribution in [1.29, 1.82) is 0 Å². The molecule has 33 heavy (non-hydrogen) atoms. The number of amides is 1. The van der Waals surface area contributed by atoms with E-state index in [2.05, 4.69) is 28.4 Å². The van der Waals surface area contributed by atoms with Crippen molar-refractivity contribution >= 4 is 34.0 Å². The first-order valence-corrected chi connectivity index (χ1v) is 10.4. The Morgan fingerprint density at radius 3 is 2.42 bits per heavy atom. The fourth-order valence-corrected chi connectivity index (χ4v) is 3.95. The van der Waals surface area contributed by atoms with Gasteiger partial charge in [-0.15, -0.1) is 0 Å². The number of carboxylic acid groups (broad SMARTS) is 1. The molecule has 1 heterocycles. The van der Waals surface area contributed by atoms with Crippen LogP contribution in [0.25, 0.3) is 10.8 Å². The van der Waals surface area contributed by atoms with Crippen molar-refractivity contribution in [3.05, 3.63) is 95.6 Å². The van der Waals surface area contributed by atoms with Gasteiger partial charge in [0, 0.05) is 16.8 Å². The number of aromatic hydroxyl groups is 1. The van der Waals surface area contributed by atoms with Gasteiger partial charge in [-0.1, -0.05) is 30.3 Å². The van der Waals surface area contributed by atoms with Crippen molar-refractivity contribution in [1.82, 2.24) is 0 Å². The predicted molar refractivity (Wildman–Crippen MR) is 125 cm³/mol. The van der Waals surface area contributed by atoms with Gasteiger partial charge in [0.2, 0.25) is 0 Å². The van der Waals surface area contributed by atoms with Crippen LogP contribution in [-0.4, -0.2) is 28.8 Å². The molecule has 1 amide bonds. The van der Waals surface area contributed by atoms with Crippen molar-refractivity contribution in [2.45, 2.75) is 6.54 Å². The summed E-state index contributed by atoms with van der Waals surface area (Å²) in [6.45, 7) is 1.09. The summed E-state index contributed by atoms with van der Waals surface area (Å²) in [5, 5.41) is 23.9. The third-order valence-electron chi connectivity index (χ3n) is 5.71. The molecular weight excluding hydrogens is 420 g/mol. The van der Waals surface area contributed by atoms with Crippen LogP contribution in [0, 0.1) is 0 Å². The number of hydrogen-bond acceptors (Lipinski definition) is 5. The van der Waals surface area contributed by atoms with Crippen LogP contribution < -0.4 is 15.0 Å². The molecule has 1 aliphatic rings. The number of carbonyl (C=O) groups is 2. The molecule has 7 nitrogen and oxygen atoms in total. The Balaban J connectivity index is 1.33. The second-order valence-corrected chi connectivity index (χ2v) is 7.77. The van der Waals surface area contributed by atoms with Gasteiger partial charge in [0.05, 0.1) is 17.8 Å². The van der Waals surface area contributed by atoms with Gasteiger partial charge in [-0.05, 0) is 59.3 Å². The highest BCUT2D eigenvalue weighted by Gasteiger charge is 2.20. The van der Waals surface area contributed by atoms with E-state index in [1.54, 1.807) is 12.1 Å². The molecule has 0 atom stereocenters. The van der Waals surface area contributed by atoms with Crippen LogP contribution in [0.3, 0.4) is 0 Å². The number of phenolic OH excluding ortho intramolecular Hbond substituents is 1. The van der Waals surface area contributed by atoms with E-state index in [-0.39, 0.29) is 17.0 Å². The fourth-order valence-electron chi connectivity index (χ4n) is 3.95. The quantitative estimate of drug-likeness (QED) is 0.392. The summed E-state index contributed by atoms with van der Waals surface area (Å²) in [4.78, 5) is 25.7. The Kier molecular flexibility index (Phi) is 5.06. The van der Waals surface area contributed by atoms with Gasteiger partial charge >= 0.3 is 5.97 Å². The zero-order valence-electron chi connectivity index (χ0n) is 17.5. The Labute approximate surface area is 189 Å². The highest BCUT2D eigenvalue weighted by atomic mass is 16.5. The Hall–Kier alpha value is -4.52. The first kappa shape index (κ1) is 20.4. The standard InChI is InChI=1S/C26H20N2O5/c29-23-13-18(26(31)32)7-11-22(23)27-25(30)17-5-9-19(10-6-17)28-14-21-20-4-2-1-3-16(20)8-12-24(21)33-15-28/h1-13,29H,14-15H2,(H,27,30)(H,31,32). The van der Waals surface area contributed by atoms with E-state index in [1.165, 1.54) is 12.1 Å². The third kappa shape index (κ3) is 3.92. The smallest absolute Gasteiger partial charge is 0.335 e. The summed E-state index contributed by atoms with van der Waals surface area (Å²) in [6, 6.07) is 23.1. The molecule has 0 radical (unpaired) electrons. The van der Waals surface area contributed by atoms with Crippen LogP contribution in [0.4, 0.5) is 11.4 Å². The van der Waals surface area contributed by atoms with E-state index in [0.717, 1.165) is 33.8 Å². The number of benzene rings is 4. The van der Waals surface area contributed by atoms with Crippen molar-refractivity contribution in [2.24, 2.45) is 0 Å². The number of ether oxygens (including phenoxy) is 1. The zero-order valence-corrected chi connectivity index (χ0v) is 17.5. The summed E-state index contributed by atoms with van der Waals surface area (Å²) in [5.41, 5.74) is 2.53. The SMILES string of the molecule is O=C(O)c1ccc(NC(=O)c2ccc(N3COc4ccc5ccccc5c4C3)cc2)c(O)c1. The number of phenols is 1. The maximum absolute atomic E-state index is 12.6. The predicted octanol–water partition coefficient (Wildman–Crippen LogP) is 4.85. The largest absolute Gasteiger partial charge is 0.506 e. The lowest BCUT2D eigenvalue weighted by Gasteiger charge is -2.31. The fraction of sp³-hybridized carbons (Fsp3) is 0.0769. The molecule has 0 unspecified atom stereocenters. The van der Waals surface area contributed by atoms with E-state index < -0.39 is 11.9 Å². The molecule has 7 heteroatoms. The van der Waals surface area contributed by atoms with Crippen molar-refractivity contribution < 1.29 is 24.5 Å². The van der Waals surface area contributed by atoms with Crippen molar-refractivity contribution in [3.63, 3.8) is 0 Å². The number of carbonyl (C=O) groups excluding carboxylic acids is 1. The highest BCUT2D eigenvalue weighted by molar-refractivity contribution is 6.05. The summed E-state index contributed by atoms with van der Waals surface area (Å²) < 4.78 is 5.97. The van der Waals surface area contributed by atoms with Crippen LogP contribution in [0.2, 0.25) is 0 Å². The number of rotatable bonds is 4. The van der Waals surface area contributed by atoms with Crippen LogP contribution in [0.1, 0.15) is 26.3 Å². The molecule has 0 saturated heterocycles. The summed E-state index contributed by atoms with van der Waals surface area (Å²) in [6.07, 6.45) is 0. The second kappa shape index (κ2) is 8.20. The maximum atomic E-state index is 12.6. The van der Waals surface area contributed by atoms with Crippen molar-refractivity contribution in [3.8, 4) is 11.5 Å². The number of anilines is 2. The summed E-state index contributed by atoms with van der Waals surface area (Å²) >= 11 is 0. The van der Waals surface area contributed by atoms with Gasteiger partial charge in [-0.2, -0.15) is 0 Å². The normalized spacial score (nSPS) is 12.7. The molecule has 0 aliphatic carbocycles. The van der Waals surface area contributed by atoms with Gasteiger partial charge in [-0.25, -0.2) is 4.79 Å². The Morgan fingerprint density at radius 1 is 0.909 bits per heavy atom. The second-order valence-electron chi connectivity index (χ2n) is 7.77. The number of nitrogens with one attached hydrogen (secondary N) is 1.